The molecule has 0 aromatic heterocycles. The lowest BCUT2D eigenvalue weighted by atomic mass is 9.96. The summed E-state index contributed by atoms with van der Waals surface area (Å²) >= 11 is 19.0. The van der Waals surface area contributed by atoms with Crippen molar-refractivity contribution >= 4 is 40.5 Å². The Bertz CT molecular complexity index is 1080. The number of rotatable bonds is 2. The third-order valence-corrected chi connectivity index (χ3v) is 5.78. The Morgan fingerprint density at radius 3 is 2.50 bits per heavy atom. The molecule has 2 aliphatic heterocycles. The van der Waals surface area contributed by atoms with Crippen molar-refractivity contribution < 1.29 is 4.74 Å². The average molecular weight is 430 g/mol. The highest BCUT2D eigenvalue weighted by atomic mass is 35.5. The van der Waals surface area contributed by atoms with Crippen LogP contribution in [-0.4, -0.2) is 10.7 Å². The van der Waals surface area contributed by atoms with Crippen LogP contribution < -0.4 is 4.74 Å². The van der Waals surface area contributed by atoms with E-state index in [0.29, 0.717) is 20.8 Å². The van der Waals surface area contributed by atoms with Gasteiger partial charge >= 0.3 is 0 Å². The molecular formula is C22H15Cl3N2O. The summed E-state index contributed by atoms with van der Waals surface area (Å²) in [6.07, 6.45) is 0.324. The molecule has 0 saturated carbocycles. The van der Waals surface area contributed by atoms with E-state index in [1.54, 1.807) is 6.07 Å². The zero-order chi connectivity index (χ0) is 19.3. The summed E-state index contributed by atoms with van der Waals surface area (Å²) < 4.78 is 6.33. The van der Waals surface area contributed by atoms with E-state index in [1.807, 2.05) is 53.5 Å². The standard InChI is InChI=1S/C22H15Cl3N2O/c23-15-8-4-7-14(9-15)22-27-20(12-19(26-27)13-5-2-1-3-6-13)17-10-16(24)11-18(25)21(17)28-22/h1-11,20,22H,12H2. The van der Waals surface area contributed by atoms with E-state index in [-0.39, 0.29) is 6.04 Å². The number of hydrogen-bond acceptors (Lipinski definition) is 3. The van der Waals surface area contributed by atoms with Crippen LogP contribution in [0, 0.1) is 0 Å². The molecule has 0 saturated heterocycles. The van der Waals surface area contributed by atoms with Gasteiger partial charge in [-0.3, -0.25) is 0 Å². The van der Waals surface area contributed by atoms with Crippen molar-refractivity contribution in [1.82, 2.24) is 5.01 Å². The summed E-state index contributed by atoms with van der Waals surface area (Å²) in [7, 11) is 0. The second-order valence-corrected chi connectivity index (χ2v) is 8.12. The lowest BCUT2D eigenvalue weighted by molar-refractivity contribution is -0.0189. The van der Waals surface area contributed by atoms with E-state index >= 15 is 0 Å². The summed E-state index contributed by atoms with van der Waals surface area (Å²) in [6.45, 7) is 0. The largest absolute Gasteiger partial charge is 0.463 e. The van der Waals surface area contributed by atoms with Gasteiger partial charge < -0.3 is 4.74 Å². The molecule has 3 aromatic rings. The fourth-order valence-corrected chi connectivity index (χ4v) is 4.55. The maximum atomic E-state index is 6.48. The fourth-order valence-electron chi connectivity index (χ4n) is 3.80. The molecule has 2 heterocycles. The molecule has 3 aromatic carbocycles. The van der Waals surface area contributed by atoms with Crippen molar-refractivity contribution in [3.63, 3.8) is 0 Å². The zero-order valence-electron chi connectivity index (χ0n) is 14.6. The van der Waals surface area contributed by atoms with Crippen LogP contribution >= 0.6 is 34.8 Å². The first-order valence-electron chi connectivity index (χ1n) is 8.92. The van der Waals surface area contributed by atoms with E-state index in [4.69, 9.17) is 44.6 Å². The van der Waals surface area contributed by atoms with Gasteiger partial charge in [-0.15, -0.1) is 0 Å². The Balaban J connectivity index is 1.65. The first-order chi connectivity index (χ1) is 13.6. The van der Waals surface area contributed by atoms with Gasteiger partial charge in [0.15, 0.2) is 0 Å². The van der Waals surface area contributed by atoms with Crippen molar-refractivity contribution in [1.29, 1.82) is 0 Å². The van der Waals surface area contributed by atoms with Gasteiger partial charge in [0.1, 0.15) is 5.75 Å². The first kappa shape index (κ1) is 17.9. The fraction of sp³-hybridized carbons (Fsp3) is 0.136. The molecule has 0 spiro atoms. The zero-order valence-corrected chi connectivity index (χ0v) is 16.9. The molecular weight excluding hydrogens is 415 g/mol. The third kappa shape index (κ3) is 3.04. The Hall–Kier alpha value is -2.20. The number of hydrazone groups is 1. The molecule has 0 aliphatic carbocycles. The summed E-state index contributed by atoms with van der Waals surface area (Å²) in [5.74, 6) is 0.654. The molecule has 28 heavy (non-hydrogen) atoms. The van der Waals surface area contributed by atoms with Crippen LogP contribution in [0.5, 0.6) is 5.75 Å². The minimum Gasteiger partial charge on any atom is -0.463 e. The van der Waals surface area contributed by atoms with Gasteiger partial charge in [-0.05, 0) is 29.8 Å². The van der Waals surface area contributed by atoms with Crippen LogP contribution in [0.15, 0.2) is 71.8 Å². The van der Waals surface area contributed by atoms with Crippen molar-refractivity contribution in [2.24, 2.45) is 5.10 Å². The second kappa shape index (κ2) is 7.00. The lowest BCUT2D eigenvalue weighted by Crippen LogP contribution is -2.33. The van der Waals surface area contributed by atoms with Gasteiger partial charge in [-0.2, -0.15) is 5.10 Å². The quantitative estimate of drug-likeness (QED) is 0.443. The molecule has 0 bridgehead atoms. The van der Waals surface area contributed by atoms with E-state index in [0.717, 1.165) is 28.8 Å². The number of benzene rings is 3. The van der Waals surface area contributed by atoms with Gasteiger partial charge in [0.25, 0.3) is 0 Å². The van der Waals surface area contributed by atoms with Crippen molar-refractivity contribution in [2.45, 2.75) is 18.7 Å². The normalized spacial score (nSPS) is 20.2. The molecule has 140 valence electrons. The van der Waals surface area contributed by atoms with E-state index in [9.17, 15) is 0 Å². The maximum absolute atomic E-state index is 6.48. The second-order valence-electron chi connectivity index (χ2n) is 6.84. The highest BCUT2D eigenvalue weighted by Gasteiger charge is 2.42. The highest BCUT2D eigenvalue weighted by Crippen LogP contribution is 2.50. The number of nitrogens with zero attached hydrogens (tertiary/aromatic N) is 2. The maximum Gasteiger partial charge on any atom is 0.214 e. The van der Waals surface area contributed by atoms with Crippen LogP contribution in [0.3, 0.4) is 0 Å². The SMILES string of the molecule is Clc1cccc(C2Oc3c(Cl)cc(Cl)cc3C3CC(c4ccccc4)=NN32)c1. The molecule has 0 radical (unpaired) electrons. The summed E-state index contributed by atoms with van der Waals surface area (Å²) in [5.41, 5.74) is 3.97. The Morgan fingerprint density at radius 2 is 1.71 bits per heavy atom. The first-order valence-corrected chi connectivity index (χ1v) is 10.1. The predicted octanol–water partition coefficient (Wildman–Crippen LogP) is 6.89. The molecule has 2 unspecified atom stereocenters. The number of fused-ring (bicyclic) bond motifs is 3. The predicted molar refractivity (Wildman–Crippen MR) is 113 cm³/mol. The monoisotopic (exact) mass is 428 g/mol. The molecule has 2 aliphatic rings. The summed E-state index contributed by atoms with van der Waals surface area (Å²) in [5, 5.41) is 8.65. The minimum atomic E-state index is -0.420. The highest BCUT2D eigenvalue weighted by molar-refractivity contribution is 6.35. The topological polar surface area (TPSA) is 24.8 Å². The van der Waals surface area contributed by atoms with Crippen LogP contribution in [-0.2, 0) is 0 Å². The molecule has 5 rings (SSSR count). The minimum absolute atomic E-state index is 0.0147. The Kier molecular flexibility index (Phi) is 4.47. The van der Waals surface area contributed by atoms with Crippen LogP contribution in [0.25, 0.3) is 0 Å². The molecule has 0 N–H and O–H groups in total. The van der Waals surface area contributed by atoms with Crippen molar-refractivity contribution in [3.8, 4) is 5.75 Å². The summed E-state index contributed by atoms with van der Waals surface area (Å²) in [4.78, 5) is 0. The van der Waals surface area contributed by atoms with Crippen molar-refractivity contribution in [2.75, 3.05) is 0 Å². The van der Waals surface area contributed by atoms with Gasteiger partial charge in [0, 0.05) is 27.6 Å². The molecule has 0 fully saturated rings. The number of halogens is 3. The smallest absolute Gasteiger partial charge is 0.214 e. The van der Waals surface area contributed by atoms with Crippen LogP contribution in [0.2, 0.25) is 15.1 Å². The summed E-state index contributed by atoms with van der Waals surface area (Å²) in [6, 6.07) is 21.4. The Labute approximate surface area is 178 Å². The third-order valence-electron chi connectivity index (χ3n) is 5.05. The van der Waals surface area contributed by atoms with Gasteiger partial charge in [-0.1, -0.05) is 77.3 Å². The number of hydrogen-bond donors (Lipinski definition) is 0. The van der Waals surface area contributed by atoms with Crippen molar-refractivity contribution in [3.05, 3.63) is 98.5 Å². The lowest BCUT2D eigenvalue weighted by Gasteiger charge is -2.38. The van der Waals surface area contributed by atoms with E-state index in [2.05, 4.69) is 12.1 Å². The van der Waals surface area contributed by atoms with Gasteiger partial charge in [-0.25, -0.2) is 5.01 Å². The molecule has 2 atom stereocenters. The van der Waals surface area contributed by atoms with Crippen LogP contribution in [0.4, 0.5) is 0 Å². The molecule has 3 nitrogen and oxygen atoms in total. The number of ether oxygens (including phenoxy) is 1. The van der Waals surface area contributed by atoms with E-state index in [1.165, 1.54) is 0 Å². The molecule has 6 heteroatoms. The van der Waals surface area contributed by atoms with E-state index < -0.39 is 6.23 Å². The average Bonchev–Trinajstić information content (AvgIpc) is 3.14. The van der Waals surface area contributed by atoms with Gasteiger partial charge in [0.2, 0.25) is 6.23 Å². The molecule has 0 amide bonds. The Morgan fingerprint density at radius 1 is 0.893 bits per heavy atom. The van der Waals surface area contributed by atoms with Gasteiger partial charge in [0.05, 0.1) is 16.8 Å². The van der Waals surface area contributed by atoms with Crippen LogP contribution in [0.1, 0.15) is 35.4 Å².